The number of hydrogen-bond acceptors (Lipinski definition) is 2. The van der Waals surface area contributed by atoms with E-state index in [2.05, 4.69) is 0 Å². The van der Waals surface area contributed by atoms with Gasteiger partial charge in [-0.1, -0.05) is 30.7 Å². The minimum atomic E-state index is -0.381. The highest BCUT2D eigenvalue weighted by molar-refractivity contribution is 6.30. The van der Waals surface area contributed by atoms with E-state index in [9.17, 15) is 9.90 Å². The molecule has 0 saturated carbocycles. The van der Waals surface area contributed by atoms with Crippen LogP contribution in [0.2, 0.25) is 5.02 Å². The summed E-state index contributed by atoms with van der Waals surface area (Å²) in [5.74, 6) is -0.854. The summed E-state index contributed by atoms with van der Waals surface area (Å²) in [5, 5.41) is 9.90. The second-order valence-corrected chi connectivity index (χ2v) is 4.40. The predicted octanol–water partition coefficient (Wildman–Crippen LogP) is 1.61. The lowest BCUT2D eigenvalue weighted by Gasteiger charge is -2.19. The lowest BCUT2D eigenvalue weighted by atomic mass is 9.88. The number of benzene rings is 1. The monoisotopic (exact) mass is 241 g/mol. The maximum Gasteiger partial charge on any atom is 0.220 e. The Morgan fingerprint density at radius 1 is 1.44 bits per heavy atom. The number of carbonyl (C=O) groups is 1. The summed E-state index contributed by atoms with van der Waals surface area (Å²) < 4.78 is 0. The Morgan fingerprint density at radius 3 is 2.44 bits per heavy atom. The van der Waals surface area contributed by atoms with E-state index >= 15 is 0 Å². The third-order valence-corrected chi connectivity index (χ3v) is 3.05. The van der Waals surface area contributed by atoms with Gasteiger partial charge in [0.25, 0.3) is 0 Å². The summed E-state index contributed by atoms with van der Waals surface area (Å²) in [6.07, 6.45) is 0.623. The van der Waals surface area contributed by atoms with Gasteiger partial charge in [-0.05, 0) is 30.0 Å². The average molecular weight is 242 g/mol. The predicted molar refractivity (Wildman–Crippen MR) is 64.1 cm³/mol. The molecule has 0 spiro atoms. The van der Waals surface area contributed by atoms with Crippen molar-refractivity contribution in [2.45, 2.75) is 13.3 Å². The molecule has 2 atom stereocenters. The van der Waals surface area contributed by atoms with Gasteiger partial charge in [0.15, 0.2) is 0 Å². The molecule has 1 aromatic rings. The van der Waals surface area contributed by atoms with Crippen molar-refractivity contribution in [3.63, 3.8) is 0 Å². The number of rotatable bonds is 5. The summed E-state index contributed by atoms with van der Waals surface area (Å²) in [7, 11) is 0. The molecule has 1 aromatic carbocycles. The van der Waals surface area contributed by atoms with Gasteiger partial charge in [-0.15, -0.1) is 0 Å². The van der Waals surface area contributed by atoms with Gasteiger partial charge >= 0.3 is 0 Å². The zero-order chi connectivity index (χ0) is 12.1. The van der Waals surface area contributed by atoms with Crippen LogP contribution in [0.25, 0.3) is 0 Å². The Hall–Kier alpha value is -1.06. The zero-order valence-electron chi connectivity index (χ0n) is 9.19. The fraction of sp³-hybridized carbons (Fsp3) is 0.417. The Kier molecular flexibility index (Phi) is 4.77. The van der Waals surface area contributed by atoms with E-state index in [1.54, 1.807) is 19.1 Å². The van der Waals surface area contributed by atoms with E-state index in [-0.39, 0.29) is 24.3 Å². The SMILES string of the molecule is CC(C(N)=O)[C@@H](CO)Cc1ccc(Cl)cc1. The molecular formula is C12H16ClNO2. The first-order chi connectivity index (χ1) is 7.54. The number of amides is 1. The van der Waals surface area contributed by atoms with Crippen LogP contribution in [0.3, 0.4) is 0 Å². The molecule has 0 aliphatic carbocycles. The molecule has 16 heavy (non-hydrogen) atoms. The lowest BCUT2D eigenvalue weighted by Crippen LogP contribution is -2.30. The molecule has 1 unspecified atom stereocenters. The molecule has 0 fully saturated rings. The summed E-state index contributed by atoms with van der Waals surface area (Å²) in [6, 6.07) is 7.36. The second-order valence-electron chi connectivity index (χ2n) is 3.96. The maximum absolute atomic E-state index is 11.0. The van der Waals surface area contributed by atoms with Crippen LogP contribution in [0.5, 0.6) is 0 Å². The Bertz CT molecular complexity index is 351. The van der Waals surface area contributed by atoms with Crippen molar-refractivity contribution in [1.82, 2.24) is 0 Å². The molecule has 0 aliphatic heterocycles. The van der Waals surface area contributed by atoms with Gasteiger partial charge in [0.2, 0.25) is 5.91 Å². The standard InChI is InChI=1S/C12H16ClNO2/c1-8(12(14)16)10(7-15)6-9-2-4-11(13)5-3-9/h2-5,8,10,15H,6-7H2,1H3,(H2,14,16)/t8?,10-/m1/s1. The summed E-state index contributed by atoms with van der Waals surface area (Å²) in [6.45, 7) is 1.69. The molecule has 0 aromatic heterocycles. The largest absolute Gasteiger partial charge is 0.396 e. The van der Waals surface area contributed by atoms with Crippen molar-refractivity contribution in [2.24, 2.45) is 17.6 Å². The molecule has 0 heterocycles. The fourth-order valence-corrected chi connectivity index (χ4v) is 1.68. The Morgan fingerprint density at radius 2 is 2.00 bits per heavy atom. The van der Waals surface area contributed by atoms with Gasteiger partial charge in [0.1, 0.15) is 0 Å². The van der Waals surface area contributed by atoms with Crippen molar-refractivity contribution in [1.29, 1.82) is 0 Å². The van der Waals surface area contributed by atoms with E-state index in [0.29, 0.717) is 11.4 Å². The van der Waals surface area contributed by atoms with E-state index in [4.69, 9.17) is 17.3 Å². The van der Waals surface area contributed by atoms with Crippen molar-refractivity contribution >= 4 is 17.5 Å². The molecular weight excluding hydrogens is 226 g/mol. The van der Waals surface area contributed by atoms with Gasteiger partial charge in [-0.3, -0.25) is 4.79 Å². The van der Waals surface area contributed by atoms with Crippen LogP contribution in [0.4, 0.5) is 0 Å². The minimum Gasteiger partial charge on any atom is -0.396 e. The molecule has 88 valence electrons. The van der Waals surface area contributed by atoms with Crippen molar-refractivity contribution in [3.05, 3.63) is 34.9 Å². The molecule has 4 heteroatoms. The van der Waals surface area contributed by atoms with Gasteiger partial charge < -0.3 is 10.8 Å². The first kappa shape index (κ1) is 13.0. The average Bonchev–Trinajstić information content (AvgIpc) is 2.27. The van der Waals surface area contributed by atoms with E-state index < -0.39 is 0 Å². The number of aliphatic hydroxyl groups is 1. The van der Waals surface area contributed by atoms with Crippen LogP contribution in [-0.2, 0) is 11.2 Å². The van der Waals surface area contributed by atoms with Gasteiger partial charge in [-0.25, -0.2) is 0 Å². The summed E-state index contributed by atoms with van der Waals surface area (Å²) in [4.78, 5) is 11.0. The van der Waals surface area contributed by atoms with Gasteiger partial charge in [-0.2, -0.15) is 0 Å². The number of carbonyl (C=O) groups excluding carboxylic acids is 1. The molecule has 0 bridgehead atoms. The molecule has 1 rings (SSSR count). The second kappa shape index (κ2) is 5.87. The molecule has 0 aliphatic rings. The van der Waals surface area contributed by atoms with Crippen LogP contribution in [0, 0.1) is 11.8 Å². The molecule has 0 radical (unpaired) electrons. The normalized spacial score (nSPS) is 14.4. The van der Waals surface area contributed by atoms with Crippen LogP contribution < -0.4 is 5.73 Å². The lowest BCUT2D eigenvalue weighted by molar-refractivity contribution is -0.123. The number of nitrogens with two attached hydrogens (primary N) is 1. The van der Waals surface area contributed by atoms with Crippen molar-refractivity contribution in [2.75, 3.05) is 6.61 Å². The number of halogens is 1. The van der Waals surface area contributed by atoms with Crippen molar-refractivity contribution in [3.8, 4) is 0 Å². The minimum absolute atomic E-state index is 0.0489. The molecule has 3 N–H and O–H groups in total. The van der Waals surface area contributed by atoms with Gasteiger partial charge in [0.05, 0.1) is 0 Å². The summed E-state index contributed by atoms with van der Waals surface area (Å²) >= 11 is 5.77. The highest BCUT2D eigenvalue weighted by Gasteiger charge is 2.21. The molecule has 0 saturated heterocycles. The van der Waals surface area contributed by atoms with E-state index in [0.717, 1.165) is 5.56 Å². The molecule has 1 amide bonds. The maximum atomic E-state index is 11.0. The third kappa shape index (κ3) is 3.51. The quantitative estimate of drug-likeness (QED) is 0.823. The van der Waals surface area contributed by atoms with Gasteiger partial charge in [0, 0.05) is 17.5 Å². The van der Waals surface area contributed by atoms with Crippen LogP contribution in [0.1, 0.15) is 12.5 Å². The smallest absolute Gasteiger partial charge is 0.220 e. The topological polar surface area (TPSA) is 63.3 Å². The highest BCUT2D eigenvalue weighted by Crippen LogP contribution is 2.18. The zero-order valence-corrected chi connectivity index (χ0v) is 9.95. The van der Waals surface area contributed by atoms with Crippen LogP contribution >= 0.6 is 11.6 Å². The highest BCUT2D eigenvalue weighted by atomic mass is 35.5. The first-order valence-electron chi connectivity index (χ1n) is 5.19. The Labute approximate surface area is 100 Å². The summed E-state index contributed by atoms with van der Waals surface area (Å²) in [5.41, 5.74) is 6.26. The van der Waals surface area contributed by atoms with Crippen LogP contribution in [-0.4, -0.2) is 17.6 Å². The first-order valence-corrected chi connectivity index (χ1v) is 5.57. The van der Waals surface area contributed by atoms with E-state index in [1.165, 1.54) is 0 Å². The molecule has 3 nitrogen and oxygen atoms in total. The number of primary amides is 1. The number of aliphatic hydroxyl groups excluding tert-OH is 1. The van der Waals surface area contributed by atoms with Crippen LogP contribution in [0.15, 0.2) is 24.3 Å². The third-order valence-electron chi connectivity index (χ3n) is 2.80. The Balaban J connectivity index is 2.70. The van der Waals surface area contributed by atoms with Crippen molar-refractivity contribution < 1.29 is 9.90 Å². The fourth-order valence-electron chi connectivity index (χ4n) is 1.55. The van der Waals surface area contributed by atoms with E-state index in [1.807, 2.05) is 12.1 Å². The number of hydrogen-bond donors (Lipinski definition) is 2.